The van der Waals surface area contributed by atoms with Gasteiger partial charge >= 0.3 is 5.97 Å². The summed E-state index contributed by atoms with van der Waals surface area (Å²) in [4.78, 5) is 138. The lowest BCUT2D eigenvalue weighted by Crippen LogP contribution is -2.62. The van der Waals surface area contributed by atoms with Gasteiger partial charge < -0.3 is 102 Å². The molecule has 2 fully saturated rings. The second-order valence-electron chi connectivity index (χ2n) is 18.3. The van der Waals surface area contributed by atoms with Crippen molar-refractivity contribution in [2.24, 2.45) is 49.4 Å². The minimum Gasteiger partial charge on any atom is -0.481 e. The Bertz CT molecular complexity index is 2210. The molecule has 24 N–H and O–H groups in total. The van der Waals surface area contributed by atoms with Gasteiger partial charge in [-0.1, -0.05) is 0 Å². The summed E-state index contributed by atoms with van der Waals surface area (Å²) in [7, 11) is 0. The van der Waals surface area contributed by atoms with Gasteiger partial charge in [0.25, 0.3) is 0 Å². The molecule has 2 aliphatic heterocycles. The number of hydrogen-bond acceptors (Lipinski definition) is 16. The molecule has 2 saturated heterocycles. The minimum absolute atomic E-state index is 0.0186. The van der Waals surface area contributed by atoms with Crippen molar-refractivity contribution in [3.05, 3.63) is 18.2 Å². The fourth-order valence-corrected chi connectivity index (χ4v) is 7.93. The number of carboxylic acids is 1. The molecule has 424 valence electrons. The molecule has 1 aromatic rings. The van der Waals surface area contributed by atoms with Crippen LogP contribution in [0.25, 0.3) is 0 Å². The van der Waals surface area contributed by atoms with E-state index in [4.69, 9.17) is 39.5 Å². The molecule has 76 heavy (non-hydrogen) atoms. The molecule has 1 aromatic heterocycles. The number of likely N-dealkylation sites (tertiary alicyclic amines) is 1. The number of carbonyl (C=O) groups excluding carboxylic acids is 8. The SMILES string of the molecule is CC1NC(=O)CC(NC(=O)C(Cc2cnc[nH]2)NC(=O)C(N)CC(=O)O)C(=O)NC(CC(N)=O)C(=O)NC1C(=O)N1CCCC1C(O)CC(=O)NCCC(O)CN=C(N)NCCCCNC(N)=NCCCCN=C(N)N. The summed E-state index contributed by atoms with van der Waals surface area (Å²) < 4.78 is 0. The maximum atomic E-state index is 14.3. The molecule has 3 rings (SSSR count). The number of aliphatic carboxylic acids is 1. The number of amides is 8. The molecule has 0 spiro atoms. The number of carbonyl (C=O) groups is 9. The predicted molar refractivity (Wildman–Crippen MR) is 273 cm³/mol. The van der Waals surface area contributed by atoms with Gasteiger partial charge in [-0.3, -0.25) is 58.1 Å². The van der Waals surface area contributed by atoms with Gasteiger partial charge in [-0.25, -0.2) is 4.98 Å². The van der Waals surface area contributed by atoms with E-state index >= 15 is 0 Å². The van der Waals surface area contributed by atoms with Crippen LogP contribution in [0.4, 0.5) is 0 Å². The van der Waals surface area contributed by atoms with E-state index in [1.54, 1.807) is 0 Å². The van der Waals surface area contributed by atoms with Crippen molar-refractivity contribution in [3.8, 4) is 0 Å². The standard InChI is InChI=1S/C44H76N20O12/c1-23-36(63-40(75)28(17-32(46)67)61-39(74)29(18-34(69)59-23)62-38(73)27(15-24-20-51-22-58-24)60-37(72)26(45)16-35(70)71)41(76)64-14-6-7-30(64)31(66)19-33(68)52-13-8-25(65)21-57-44(50)56-12-5-4-11-55-43(49)54-10-3-2-9-53-42(47)48/h20,22-23,25-31,36,65-66H,2-19,21,45H2,1H3,(H2,46,67)(H,51,58)(H,52,68)(H,59,69)(H,60,72)(H,61,74)(H,62,73)(H,63,75)(H,70,71)(H4,47,48,53)(H3,49,54,55)(H3,50,56,57). The third-order valence-corrected chi connectivity index (χ3v) is 11.9. The Morgan fingerprint density at radius 3 is 2.14 bits per heavy atom. The number of primary amides is 1. The number of H-pyrrole nitrogens is 1. The maximum absolute atomic E-state index is 14.3. The Hall–Kier alpha value is -7.87. The topological polar surface area (TPSA) is 536 Å². The molecular formula is C44H76N20O12. The molecule has 3 heterocycles. The Morgan fingerprint density at radius 2 is 1.51 bits per heavy atom. The number of hydrogen-bond donors (Lipinski definition) is 18. The monoisotopic (exact) mass is 1080 g/mol. The number of aliphatic imine (C=N–C) groups is 3. The fraction of sp³-hybridized carbons (Fsp3) is 0.659. The number of aliphatic hydroxyl groups excluding tert-OH is 2. The lowest BCUT2D eigenvalue weighted by atomic mass is 10.0. The molecular weight excluding hydrogens is 1000 g/mol. The number of aromatic nitrogens is 2. The Labute approximate surface area is 438 Å². The van der Waals surface area contributed by atoms with Crippen LogP contribution in [0.2, 0.25) is 0 Å². The van der Waals surface area contributed by atoms with Crippen LogP contribution >= 0.6 is 0 Å². The van der Waals surface area contributed by atoms with E-state index < -0.39 is 133 Å². The number of guanidine groups is 3. The van der Waals surface area contributed by atoms with Crippen LogP contribution in [-0.4, -0.2) is 202 Å². The summed E-state index contributed by atoms with van der Waals surface area (Å²) in [6, 6.07) is -10.3. The zero-order chi connectivity index (χ0) is 56.3. The highest BCUT2D eigenvalue weighted by Gasteiger charge is 2.42. The first-order valence-corrected chi connectivity index (χ1v) is 24.8. The second-order valence-corrected chi connectivity index (χ2v) is 18.3. The molecule has 0 aliphatic carbocycles. The third kappa shape index (κ3) is 23.1. The molecule has 0 saturated carbocycles. The zero-order valence-electron chi connectivity index (χ0n) is 42.5. The van der Waals surface area contributed by atoms with Crippen LogP contribution in [0.1, 0.15) is 83.2 Å². The van der Waals surface area contributed by atoms with Crippen LogP contribution in [0, 0.1) is 0 Å². The molecule has 9 unspecified atom stereocenters. The highest BCUT2D eigenvalue weighted by atomic mass is 16.4. The van der Waals surface area contributed by atoms with Crippen molar-refractivity contribution in [1.82, 2.24) is 57.4 Å². The molecule has 32 heteroatoms. The van der Waals surface area contributed by atoms with Crippen LogP contribution in [-0.2, 0) is 49.6 Å². The summed E-state index contributed by atoms with van der Waals surface area (Å²) in [5.41, 5.74) is 33.8. The van der Waals surface area contributed by atoms with Crippen LogP contribution < -0.4 is 76.9 Å². The van der Waals surface area contributed by atoms with Gasteiger partial charge in [0.15, 0.2) is 17.9 Å². The van der Waals surface area contributed by atoms with Gasteiger partial charge in [-0.2, -0.15) is 0 Å². The number of nitrogens with two attached hydrogens (primary N) is 6. The first kappa shape index (κ1) is 62.4. The number of imidazole rings is 1. The van der Waals surface area contributed by atoms with E-state index in [0.717, 1.165) is 25.7 Å². The highest BCUT2D eigenvalue weighted by Crippen LogP contribution is 2.24. The van der Waals surface area contributed by atoms with Gasteiger partial charge in [-0.15, -0.1) is 0 Å². The first-order valence-electron chi connectivity index (χ1n) is 24.8. The van der Waals surface area contributed by atoms with Crippen molar-refractivity contribution in [2.45, 2.75) is 138 Å². The minimum atomic E-state index is -1.76. The quantitative estimate of drug-likeness (QED) is 0.0201. The lowest BCUT2D eigenvalue weighted by molar-refractivity contribution is -0.141. The summed E-state index contributed by atoms with van der Waals surface area (Å²) in [5, 5.41) is 51.5. The Balaban J connectivity index is 1.56. The fourth-order valence-electron chi connectivity index (χ4n) is 7.93. The van der Waals surface area contributed by atoms with Gasteiger partial charge in [0, 0.05) is 57.6 Å². The van der Waals surface area contributed by atoms with E-state index in [-0.39, 0.29) is 50.8 Å². The van der Waals surface area contributed by atoms with E-state index in [0.29, 0.717) is 44.3 Å². The Morgan fingerprint density at radius 1 is 0.842 bits per heavy atom. The normalized spacial score (nSPS) is 21.0. The van der Waals surface area contributed by atoms with Gasteiger partial charge in [-0.05, 0) is 51.9 Å². The van der Waals surface area contributed by atoms with Crippen LogP contribution in [0.3, 0.4) is 0 Å². The largest absolute Gasteiger partial charge is 0.481 e. The second kappa shape index (κ2) is 32.4. The van der Waals surface area contributed by atoms with Gasteiger partial charge in [0.05, 0.1) is 68.9 Å². The number of aromatic amines is 1. The molecule has 0 radical (unpaired) electrons. The van der Waals surface area contributed by atoms with Crippen molar-refractivity contribution in [1.29, 1.82) is 0 Å². The number of nitrogens with one attached hydrogen (secondary N) is 9. The molecule has 0 bridgehead atoms. The maximum Gasteiger partial charge on any atom is 0.305 e. The first-order chi connectivity index (χ1) is 36.0. The number of rotatable bonds is 29. The molecule has 9 atom stereocenters. The summed E-state index contributed by atoms with van der Waals surface area (Å²) >= 11 is 0. The van der Waals surface area contributed by atoms with E-state index in [2.05, 4.69) is 67.5 Å². The molecule has 0 aromatic carbocycles. The van der Waals surface area contributed by atoms with Gasteiger partial charge in [0.1, 0.15) is 24.2 Å². The zero-order valence-corrected chi connectivity index (χ0v) is 42.5. The highest BCUT2D eigenvalue weighted by molar-refractivity contribution is 6.00. The van der Waals surface area contributed by atoms with E-state index in [1.807, 2.05) is 0 Å². The number of nitrogens with zero attached hydrogens (tertiary/aromatic N) is 5. The van der Waals surface area contributed by atoms with E-state index in [1.165, 1.54) is 24.3 Å². The van der Waals surface area contributed by atoms with Crippen LogP contribution in [0.5, 0.6) is 0 Å². The van der Waals surface area contributed by atoms with Crippen molar-refractivity contribution in [3.63, 3.8) is 0 Å². The molecule has 8 amide bonds. The smallest absolute Gasteiger partial charge is 0.305 e. The average molecular weight is 1080 g/mol. The Kier molecular flexibility index (Phi) is 26.6. The lowest BCUT2D eigenvalue weighted by Gasteiger charge is -2.34. The summed E-state index contributed by atoms with van der Waals surface area (Å²) in [6.45, 7) is 3.61. The summed E-state index contributed by atoms with van der Waals surface area (Å²) in [5.74, 6) is -8.45. The van der Waals surface area contributed by atoms with Crippen LogP contribution in [0.15, 0.2) is 27.5 Å². The summed E-state index contributed by atoms with van der Waals surface area (Å²) in [6.07, 6.45) is 1.02. The molecule has 2 aliphatic rings. The number of aliphatic hydroxyl groups is 2. The van der Waals surface area contributed by atoms with Crippen molar-refractivity contribution >= 4 is 71.1 Å². The van der Waals surface area contributed by atoms with Crippen molar-refractivity contribution in [2.75, 3.05) is 45.8 Å². The van der Waals surface area contributed by atoms with E-state index in [9.17, 15) is 53.4 Å². The van der Waals surface area contributed by atoms with Crippen molar-refractivity contribution < 1.29 is 58.5 Å². The average Bonchev–Trinajstić information content (AvgIpc) is 4.06. The predicted octanol–water partition coefficient (Wildman–Crippen LogP) is -8.27. The van der Waals surface area contributed by atoms with Gasteiger partial charge in [0.2, 0.25) is 47.3 Å². The number of unbranched alkanes of at least 4 members (excludes halogenated alkanes) is 2. The third-order valence-electron chi connectivity index (χ3n) is 11.9. The number of carboxylic acid groups (broad SMARTS) is 1. The molecule has 32 nitrogen and oxygen atoms in total.